The predicted molar refractivity (Wildman–Crippen MR) is 24.0 cm³/mol. The molecule has 0 saturated carbocycles. The molecule has 0 aliphatic carbocycles. The van der Waals surface area contributed by atoms with E-state index in [0.29, 0.717) is 0 Å². The molecular formula is C4H5Se. The van der Waals surface area contributed by atoms with Crippen molar-refractivity contribution in [2.45, 2.75) is 11.7 Å². The van der Waals surface area contributed by atoms with Gasteiger partial charge >= 0.3 is 40.1 Å². The van der Waals surface area contributed by atoms with E-state index in [1.165, 1.54) is 0 Å². The normalized spacial score (nSPS) is 6.40. The quantitative estimate of drug-likeness (QED) is 0.362. The van der Waals surface area contributed by atoms with E-state index in [-0.39, 0.29) is 0 Å². The molecule has 0 saturated heterocycles. The van der Waals surface area contributed by atoms with Crippen LogP contribution in [-0.2, 0) is 0 Å². The molecular weight excluding hydrogens is 127 g/mol. The second-order valence-electron chi connectivity index (χ2n) is 0.658. The van der Waals surface area contributed by atoms with Crippen molar-refractivity contribution in [2.75, 3.05) is 0 Å². The van der Waals surface area contributed by atoms with Gasteiger partial charge in [0.15, 0.2) is 0 Å². The van der Waals surface area contributed by atoms with E-state index in [1.54, 1.807) is 0 Å². The third-order valence-corrected chi connectivity index (χ3v) is 0.675. The summed E-state index contributed by atoms with van der Waals surface area (Å²) in [6.45, 7) is 0. The van der Waals surface area contributed by atoms with Gasteiger partial charge in [0.2, 0.25) is 0 Å². The Labute approximate surface area is 40.8 Å². The summed E-state index contributed by atoms with van der Waals surface area (Å²) in [4.78, 5) is 0. The molecule has 0 fully saturated rings. The van der Waals surface area contributed by atoms with Gasteiger partial charge in [0.25, 0.3) is 0 Å². The van der Waals surface area contributed by atoms with E-state index in [4.69, 9.17) is 6.42 Å². The van der Waals surface area contributed by atoms with Crippen LogP contribution in [0.1, 0.15) is 6.42 Å². The zero-order valence-corrected chi connectivity index (χ0v) is 4.61. The van der Waals surface area contributed by atoms with E-state index in [2.05, 4.69) is 21.9 Å². The van der Waals surface area contributed by atoms with Gasteiger partial charge in [-0.2, -0.15) is 0 Å². The molecule has 1 heteroatoms. The minimum atomic E-state index is 0.861. The van der Waals surface area contributed by atoms with Crippen molar-refractivity contribution in [1.82, 2.24) is 0 Å². The number of rotatable bonds is 1. The molecule has 0 nitrogen and oxygen atoms in total. The second kappa shape index (κ2) is 4.08. The van der Waals surface area contributed by atoms with Crippen LogP contribution in [0.25, 0.3) is 0 Å². The molecule has 0 N–H and O–H groups in total. The van der Waals surface area contributed by atoms with Crippen LogP contribution in [-0.4, -0.2) is 16.0 Å². The molecule has 0 aliphatic rings. The van der Waals surface area contributed by atoms with Crippen molar-refractivity contribution in [3.05, 3.63) is 0 Å². The molecule has 0 spiro atoms. The standard InChI is InChI=1S/C4H5Se/c1-2-3-4-5/h1H,3-4H2. The van der Waals surface area contributed by atoms with Crippen molar-refractivity contribution in [3.63, 3.8) is 0 Å². The van der Waals surface area contributed by atoms with Crippen LogP contribution < -0.4 is 0 Å². The Morgan fingerprint density at radius 2 is 2.40 bits per heavy atom. The summed E-state index contributed by atoms with van der Waals surface area (Å²) in [6, 6.07) is 0. The molecule has 27 valence electrons. The topological polar surface area (TPSA) is 0 Å². The Kier molecular flexibility index (Phi) is 4.14. The van der Waals surface area contributed by atoms with Gasteiger partial charge in [0.05, 0.1) is 0 Å². The molecule has 0 aromatic rings. The molecule has 0 atom stereocenters. The molecule has 0 aromatic heterocycles. The molecule has 1 radical (unpaired) electrons. The van der Waals surface area contributed by atoms with Gasteiger partial charge in [-0.15, -0.1) is 0 Å². The van der Waals surface area contributed by atoms with Crippen LogP contribution in [0.3, 0.4) is 0 Å². The Morgan fingerprint density at radius 3 is 2.40 bits per heavy atom. The summed E-state index contributed by atoms with van der Waals surface area (Å²) >= 11 is 2.80. The van der Waals surface area contributed by atoms with Gasteiger partial charge in [-0.3, -0.25) is 0 Å². The third-order valence-electron chi connectivity index (χ3n) is 0.246. The fourth-order valence-electron chi connectivity index (χ4n) is 0.0589. The summed E-state index contributed by atoms with van der Waals surface area (Å²) < 4.78 is 0. The van der Waals surface area contributed by atoms with Crippen LogP contribution in [0.4, 0.5) is 0 Å². The Balaban J connectivity index is 2.48. The van der Waals surface area contributed by atoms with E-state index < -0.39 is 0 Å². The summed E-state index contributed by atoms with van der Waals surface area (Å²) in [5.41, 5.74) is 0. The minimum absolute atomic E-state index is 0.861. The van der Waals surface area contributed by atoms with Crippen molar-refractivity contribution >= 4 is 16.0 Å². The van der Waals surface area contributed by atoms with E-state index >= 15 is 0 Å². The zero-order valence-electron chi connectivity index (χ0n) is 2.90. The maximum atomic E-state index is 4.87. The van der Waals surface area contributed by atoms with Gasteiger partial charge in [-0.1, -0.05) is 0 Å². The first-order valence-electron chi connectivity index (χ1n) is 1.43. The van der Waals surface area contributed by atoms with Crippen molar-refractivity contribution in [3.8, 4) is 12.3 Å². The molecule has 0 rings (SSSR count). The monoisotopic (exact) mass is 133 g/mol. The SMILES string of the molecule is C#CCC[Se]. The predicted octanol–water partition coefficient (Wildman–Crippen LogP) is 0.596. The van der Waals surface area contributed by atoms with Crippen LogP contribution in [0.15, 0.2) is 0 Å². The Morgan fingerprint density at radius 1 is 1.80 bits per heavy atom. The summed E-state index contributed by atoms with van der Waals surface area (Å²) in [7, 11) is 0. The van der Waals surface area contributed by atoms with Gasteiger partial charge in [0.1, 0.15) is 0 Å². The fourth-order valence-corrected chi connectivity index (χ4v) is 0.306. The number of terminal acetylenes is 1. The molecule has 0 unspecified atom stereocenters. The van der Waals surface area contributed by atoms with Gasteiger partial charge in [0, 0.05) is 0 Å². The Hall–Kier alpha value is 0.0795. The van der Waals surface area contributed by atoms with Crippen LogP contribution in [0.5, 0.6) is 0 Å². The summed E-state index contributed by atoms with van der Waals surface area (Å²) in [6.07, 6.45) is 5.73. The van der Waals surface area contributed by atoms with Crippen LogP contribution in [0.2, 0.25) is 5.32 Å². The molecule has 0 aromatic carbocycles. The van der Waals surface area contributed by atoms with E-state index in [9.17, 15) is 0 Å². The molecule has 5 heavy (non-hydrogen) atoms. The van der Waals surface area contributed by atoms with Crippen molar-refractivity contribution in [2.24, 2.45) is 0 Å². The number of hydrogen-bond acceptors (Lipinski definition) is 0. The van der Waals surface area contributed by atoms with Crippen LogP contribution in [0, 0.1) is 12.3 Å². The Bertz CT molecular complexity index is 42.1. The van der Waals surface area contributed by atoms with Gasteiger partial charge in [-0.25, -0.2) is 0 Å². The van der Waals surface area contributed by atoms with Crippen LogP contribution >= 0.6 is 0 Å². The third kappa shape index (κ3) is 4.08. The second-order valence-corrected chi connectivity index (χ2v) is 1.51. The average molecular weight is 132 g/mol. The van der Waals surface area contributed by atoms with Crippen molar-refractivity contribution < 1.29 is 0 Å². The average Bonchev–Trinajstić information content (AvgIpc) is 1.41. The first kappa shape index (κ1) is 5.08. The molecule has 0 heterocycles. The summed E-state index contributed by atoms with van der Waals surface area (Å²) in [5, 5.41) is 0.983. The van der Waals surface area contributed by atoms with Crippen molar-refractivity contribution in [1.29, 1.82) is 0 Å². The number of hydrogen-bond donors (Lipinski definition) is 0. The first-order valence-corrected chi connectivity index (χ1v) is 2.64. The molecule has 0 bridgehead atoms. The molecule has 0 amide bonds. The maximum absolute atomic E-state index is 4.87. The van der Waals surface area contributed by atoms with E-state index in [0.717, 1.165) is 11.7 Å². The van der Waals surface area contributed by atoms with Gasteiger partial charge < -0.3 is 0 Å². The fraction of sp³-hybridized carbons (Fsp3) is 0.500. The van der Waals surface area contributed by atoms with Gasteiger partial charge in [-0.05, 0) is 0 Å². The van der Waals surface area contributed by atoms with E-state index in [1.807, 2.05) is 0 Å². The first-order chi connectivity index (χ1) is 2.41. The molecule has 0 aliphatic heterocycles. The zero-order chi connectivity index (χ0) is 4.12. The summed E-state index contributed by atoms with van der Waals surface area (Å²) in [5.74, 6) is 2.49.